The van der Waals surface area contributed by atoms with Crippen molar-refractivity contribution in [2.24, 2.45) is 0 Å². The summed E-state index contributed by atoms with van der Waals surface area (Å²) in [6.07, 6.45) is 1.49. The molecule has 2 saturated heterocycles. The monoisotopic (exact) mass is 402 g/mol. The summed E-state index contributed by atoms with van der Waals surface area (Å²) >= 11 is 0. The van der Waals surface area contributed by atoms with E-state index in [1.54, 1.807) is 6.07 Å². The van der Waals surface area contributed by atoms with Gasteiger partial charge in [-0.2, -0.15) is 4.31 Å². The van der Waals surface area contributed by atoms with Gasteiger partial charge in [-0.3, -0.25) is 0 Å². The third-order valence-electron chi connectivity index (χ3n) is 5.39. The number of piperazine rings is 1. The standard InChI is InChI=1S/C20H26N4O3S/c1-22-9-10-24(19(16-22)17-5-3-2-4-6-17)20-8-7-18(15-21-20)28(25,26)23-11-13-27-14-12-23/h2-8,15,19H,9-14,16H2,1H3/t19-/m1/s1. The summed E-state index contributed by atoms with van der Waals surface area (Å²) in [6.45, 7) is 4.34. The molecule has 150 valence electrons. The molecule has 0 bridgehead atoms. The first-order chi connectivity index (χ1) is 13.6. The summed E-state index contributed by atoms with van der Waals surface area (Å²) in [5.41, 5.74) is 1.24. The highest BCUT2D eigenvalue weighted by atomic mass is 32.2. The Labute approximate surface area is 166 Å². The van der Waals surface area contributed by atoms with Crippen molar-refractivity contribution in [2.75, 3.05) is 57.9 Å². The van der Waals surface area contributed by atoms with Crippen LogP contribution in [0.2, 0.25) is 0 Å². The summed E-state index contributed by atoms with van der Waals surface area (Å²) in [5, 5.41) is 0. The molecule has 28 heavy (non-hydrogen) atoms. The summed E-state index contributed by atoms with van der Waals surface area (Å²) in [7, 11) is -1.40. The molecule has 0 amide bonds. The highest BCUT2D eigenvalue weighted by Crippen LogP contribution is 2.29. The minimum Gasteiger partial charge on any atom is -0.379 e. The Morgan fingerprint density at radius 3 is 2.43 bits per heavy atom. The predicted molar refractivity (Wildman–Crippen MR) is 108 cm³/mol. The Balaban J connectivity index is 1.58. The Kier molecular flexibility index (Phi) is 5.63. The topological polar surface area (TPSA) is 66.0 Å². The average molecular weight is 403 g/mol. The number of ether oxygens (including phenoxy) is 1. The number of sulfonamides is 1. The lowest BCUT2D eigenvalue weighted by Gasteiger charge is -2.41. The van der Waals surface area contributed by atoms with Crippen LogP contribution >= 0.6 is 0 Å². The minimum atomic E-state index is -3.52. The lowest BCUT2D eigenvalue weighted by molar-refractivity contribution is 0.0730. The van der Waals surface area contributed by atoms with Gasteiger partial charge in [0.2, 0.25) is 10.0 Å². The second kappa shape index (κ2) is 8.16. The van der Waals surface area contributed by atoms with Gasteiger partial charge in [0, 0.05) is 38.9 Å². The fourth-order valence-corrected chi connectivity index (χ4v) is 5.14. The molecule has 8 heteroatoms. The molecule has 0 saturated carbocycles. The number of hydrogen-bond acceptors (Lipinski definition) is 6. The normalized spacial score (nSPS) is 22.3. The predicted octanol–water partition coefficient (Wildman–Crippen LogP) is 1.60. The number of morpholine rings is 1. The van der Waals surface area contributed by atoms with Crippen LogP contribution in [0.1, 0.15) is 11.6 Å². The van der Waals surface area contributed by atoms with E-state index in [1.807, 2.05) is 24.3 Å². The Bertz CT molecular complexity index is 883. The minimum absolute atomic E-state index is 0.189. The van der Waals surface area contributed by atoms with E-state index in [0.29, 0.717) is 26.3 Å². The number of rotatable bonds is 4. The van der Waals surface area contributed by atoms with Crippen LogP contribution in [0, 0.1) is 0 Å². The molecule has 1 aromatic heterocycles. The lowest BCUT2D eigenvalue weighted by Crippen LogP contribution is -2.47. The maximum Gasteiger partial charge on any atom is 0.244 e. The smallest absolute Gasteiger partial charge is 0.244 e. The molecule has 2 fully saturated rings. The number of hydrogen-bond donors (Lipinski definition) is 0. The molecule has 2 aliphatic heterocycles. The number of anilines is 1. The van der Waals surface area contributed by atoms with E-state index in [4.69, 9.17) is 4.74 Å². The first-order valence-electron chi connectivity index (χ1n) is 9.60. The second-order valence-electron chi connectivity index (χ2n) is 7.25. The molecule has 2 aromatic rings. The maximum atomic E-state index is 12.8. The van der Waals surface area contributed by atoms with Gasteiger partial charge in [-0.25, -0.2) is 13.4 Å². The molecule has 0 aliphatic carbocycles. The van der Waals surface area contributed by atoms with E-state index in [2.05, 4.69) is 34.0 Å². The Morgan fingerprint density at radius 1 is 1.00 bits per heavy atom. The van der Waals surface area contributed by atoms with Crippen LogP contribution < -0.4 is 4.90 Å². The van der Waals surface area contributed by atoms with Crippen LogP contribution in [0.3, 0.4) is 0 Å². The summed E-state index contributed by atoms with van der Waals surface area (Å²) in [5.74, 6) is 0.808. The number of pyridine rings is 1. The van der Waals surface area contributed by atoms with Crippen LogP contribution in [0.4, 0.5) is 5.82 Å². The second-order valence-corrected chi connectivity index (χ2v) is 9.19. The van der Waals surface area contributed by atoms with E-state index >= 15 is 0 Å². The van der Waals surface area contributed by atoms with E-state index in [1.165, 1.54) is 16.1 Å². The zero-order valence-electron chi connectivity index (χ0n) is 16.1. The maximum absolute atomic E-state index is 12.8. The molecule has 0 N–H and O–H groups in total. The van der Waals surface area contributed by atoms with Crippen molar-refractivity contribution in [2.45, 2.75) is 10.9 Å². The molecule has 4 rings (SSSR count). The van der Waals surface area contributed by atoms with Crippen molar-refractivity contribution >= 4 is 15.8 Å². The van der Waals surface area contributed by atoms with E-state index < -0.39 is 10.0 Å². The number of nitrogens with zero attached hydrogens (tertiary/aromatic N) is 4. The third-order valence-corrected chi connectivity index (χ3v) is 7.27. The van der Waals surface area contributed by atoms with Gasteiger partial charge in [0.25, 0.3) is 0 Å². The molecule has 7 nitrogen and oxygen atoms in total. The largest absolute Gasteiger partial charge is 0.379 e. The molecule has 1 atom stereocenters. The molecule has 0 radical (unpaired) electrons. The van der Waals surface area contributed by atoms with Crippen molar-refractivity contribution in [1.82, 2.24) is 14.2 Å². The highest BCUT2D eigenvalue weighted by molar-refractivity contribution is 7.89. The van der Waals surface area contributed by atoms with Crippen LogP contribution in [0.15, 0.2) is 53.6 Å². The van der Waals surface area contributed by atoms with Crippen LogP contribution in [0.25, 0.3) is 0 Å². The van der Waals surface area contributed by atoms with Crippen molar-refractivity contribution in [3.63, 3.8) is 0 Å². The zero-order valence-corrected chi connectivity index (χ0v) is 16.9. The number of aromatic nitrogens is 1. The summed E-state index contributed by atoms with van der Waals surface area (Å²) < 4.78 is 32.4. The first-order valence-corrected chi connectivity index (χ1v) is 11.0. The lowest BCUT2D eigenvalue weighted by atomic mass is 10.0. The van der Waals surface area contributed by atoms with Gasteiger partial charge in [-0.15, -0.1) is 0 Å². The van der Waals surface area contributed by atoms with Crippen LogP contribution in [-0.4, -0.2) is 75.6 Å². The fourth-order valence-electron chi connectivity index (χ4n) is 3.79. The van der Waals surface area contributed by atoms with Crippen molar-refractivity contribution < 1.29 is 13.2 Å². The van der Waals surface area contributed by atoms with Gasteiger partial charge in [0.05, 0.1) is 19.3 Å². The first kappa shape index (κ1) is 19.3. The van der Waals surface area contributed by atoms with Crippen molar-refractivity contribution in [1.29, 1.82) is 0 Å². The Hall–Kier alpha value is -2.00. The average Bonchev–Trinajstić information content (AvgIpc) is 2.75. The molecular weight excluding hydrogens is 376 g/mol. The quantitative estimate of drug-likeness (QED) is 0.774. The van der Waals surface area contributed by atoms with Gasteiger partial charge in [-0.05, 0) is 24.7 Å². The molecule has 3 heterocycles. The molecule has 1 aromatic carbocycles. The van der Waals surface area contributed by atoms with Crippen LogP contribution in [-0.2, 0) is 14.8 Å². The third kappa shape index (κ3) is 3.91. The fraction of sp³-hybridized carbons (Fsp3) is 0.450. The van der Waals surface area contributed by atoms with Gasteiger partial charge < -0.3 is 14.5 Å². The van der Waals surface area contributed by atoms with E-state index in [-0.39, 0.29) is 10.9 Å². The van der Waals surface area contributed by atoms with E-state index in [0.717, 1.165) is 25.5 Å². The van der Waals surface area contributed by atoms with E-state index in [9.17, 15) is 8.42 Å². The number of benzene rings is 1. The van der Waals surface area contributed by atoms with Gasteiger partial charge in [0.15, 0.2) is 0 Å². The molecule has 0 unspecified atom stereocenters. The highest BCUT2D eigenvalue weighted by Gasteiger charge is 2.29. The SMILES string of the molecule is CN1CCN(c2ccc(S(=O)(=O)N3CCOCC3)cn2)[C@@H](c2ccccc2)C1. The van der Waals surface area contributed by atoms with Crippen LogP contribution in [0.5, 0.6) is 0 Å². The summed E-state index contributed by atoms with van der Waals surface area (Å²) in [4.78, 5) is 9.35. The zero-order chi connectivity index (χ0) is 19.6. The van der Waals surface area contributed by atoms with Gasteiger partial charge in [0.1, 0.15) is 10.7 Å². The number of likely N-dealkylation sites (N-methyl/N-ethyl adjacent to an activating group) is 1. The van der Waals surface area contributed by atoms with Gasteiger partial charge in [-0.1, -0.05) is 30.3 Å². The van der Waals surface area contributed by atoms with Gasteiger partial charge >= 0.3 is 0 Å². The molecular formula is C20H26N4O3S. The van der Waals surface area contributed by atoms with Crippen molar-refractivity contribution in [3.05, 3.63) is 54.2 Å². The van der Waals surface area contributed by atoms with Crippen molar-refractivity contribution in [3.8, 4) is 0 Å². The summed E-state index contributed by atoms with van der Waals surface area (Å²) in [6, 6.07) is 14.1. The Morgan fingerprint density at radius 2 is 1.75 bits per heavy atom. The molecule has 0 spiro atoms. The molecule has 2 aliphatic rings.